The summed E-state index contributed by atoms with van der Waals surface area (Å²) < 4.78 is 2.40. The minimum absolute atomic E-state index is 0.284. The zero-order chi connectivity index (χ0) is 22.1. The summed E-state index contributed by atoms with van der Waals surface area (Å²) in [5.41, 5.74) is 3.64. The summed E-state index contributed by atoms with van der Waals surface area (Å²) in [6.45, 7) is 2.19. The van der Waals surface area contributed by atoms with Crippen LogP contribution in [0.2, 0.25) is 0 Å². The molecule has 3 fully saturated rings. The number of hydrogen-bond acceptors (Lipinski definition) is 6. The molecule has 2 aromatic rings. The predicted octanol–water partition coefficient (Wildman–Crippen LogP) is 5.39. The number of rotatable bonds is 5. The maximum atomic E-state index is 11.9. The van der Waals surface area contributed by atoms with Crippen molar-refractivity contribution in [3.63, 3.8) is 0 Å². The van der Waals surface area contributed by atoms with Gasteiger partial charge in [-0.3, -0.25) is 4.79 Å². The van der Waals surface area contributed by atoms with E-state index >= 15 is 0 Å². The summed E-state index contributed by atoms with van der Waals surface area (Å²) in [5.74, 6) is 1.87. The highest BCUT2D eigenvalue weighted by atomic mass is 127. The van der Waals surface area contributed by atoms with Crippen LogP contribution >= 0.6 is 34.6 Å². The van der Waals surface area contributed by atoms with E-state index in [1.165, 1.54) is 48.6 Å². The monoisotopic (exact) mass is 562 g/mol. The number of anilines is 1. The average molecular weight is 563 g/mol. The Balaban J connectivity index is 1.19. The molecule has 3 aliphatic rings. The number of piperazine rings is 1. The lowest BCUT2D eigenvalue weighted by molar-refractivity contribution is -0.115. The Labute approximate surface area is 209 Å². The third-order valence-electron chi connectivity index (χ3n) is 7.50. The van der Waals surface area contributed by atoms with Gasteiger partial charge in [0.25, 0.3) is 0 Å². The summed E-state index contributed by atoms with van der Waals surface area (Å²) in [6.07, 6.45) is 13.9. The van der Waals surface area contributed by atoms with Gasteiger partial charge in [-0.05, 0) is 68.2 Å². The second kappa shape index (κ2) is 9.97. The Hall–Kier alpha value is -1.19. The molecule has 3 heterocycles. The van der Waals surface area contributed by atoms with Gasteiger partial charge in [-0.15, -0.1) is 0 Å². The Kier molecular flexibility index (Phi) is 7.04. The van der Waals surface area contributed by atoms with Crippen LogP contribution in [0.4, 0.5) is 5.95 Å². The fourth-order valence-electron chi connectivity index (χ4n) is 5.72. The van der Waals surface area contributed by atoms with Crippen molar-refractivity contribution >= 4 is 45.7 Å². The molecular weight excluding hydrogens is 531 g/mol. The number of halogens is 1. The van der Waals surface area contributed by atoms with Crippen LogP contribution in [0.1, 0.15) is 44.1 Å². The Morgan fingerprint density at radius 3 is 2.19 bits per heavy atom. The molecule has 0 radical (unpaired) electrons. The van der Waals surface area contributed by atoms with E-state index in [1.54, 1.807) is 0 Å². The van der Waals surface area contributed by atoms with Gasteiger partial charge in [0.05, 0.1) is 0 Å². The van der Waals surface area contributed by atoms with E-state index < -0.39 is 0 Å². The number of fused-ring (bicyclic) bond motifs is 2. The van der Waals surface area contributed by atoms with E-state index in [4.69, 9.17) is 9.97 Å². The number of nitrogens with zero attached hydrogens (tertiary/aromatic N) is 4. The molecule has 1 aromatic carbocycles. The first-order valence-electron chi connectivity index (χ1n) is 11.8. The number of benzene rings is 1. The highest BCUT2D eigenvalue weighted by Gasteiger charge is 2.40. The van der Waals surface area contributed by atoms with Gasteiger partial charge in [-0.2, -0.15) is 0 Å². The van der Waals surface area contributed by atoms with E-state index in [1.807, 2.05) is 18.6 Å². The zero-order valence-corrected chi connectivity index (χ0v) is 21.6. The topological polar surface area (TPSA) is 49.3 Å². The molecule has 2 atom stereocenters. The first kappa shape index (κ1) is 22.6. The highest BCUT2D eigenvalue weighted by molar-refractivity contribution is 14.1. The summed E-state index contributed by atoms with van der Waals surface area (Å²) in [6, 6.07) is 10.0. The van der Waals surface area contributed by atoms with Crippen LogP contribution in [0.5, 0.6) is 0 Å². The molecule has 1 saturated carbocycles. The van der Waals surface area contributed by atoms with Crippen molar-refractivity contribution in [2.24, 2.45) is 11.8 Å². The second-order valence-corrected chi connectivity index (χ2v) is 11.7. The third kappa shape index (κ3) is 4.85. The van der Waals surface area contributed by atoms with Crippen LogP contribution in [0, 0.1) is 11.8 Å². The van der Waals surface area contributed by atoms with Crippen LogP contribution in [-0.4, -0.2) is 49.6 Å². The van der Waals surface area contributed by atoms with Crippen molar-refractivity contribution in [3.8, 4) is 11.1 Å². The van der Waals surface area contributed by atoms with E-state index in [9.17, 15) is 4.79 Å². The minimum atomic E-state index is 0.284. The molecule has 2 unspecified atom stereocenters. The summed E-state index contributed by atoms with van der Waals surface area (Å²) in [5, 5.41) is 0.376. The molecule has 0 spiro atoms. The molecular formula is C25H31IN4OS. The van der Waals surface area contributed by atoms with Crippen molar-refractivity contribution in [1.82, 2.24) is 13.1 Å². The number of aromatic nitrogens is 2. The van der Waals surface area contributed by atoms with Gasteiger partial charge in [0.15, 0.2) is 5.12 Å². The van der Waals surface area contributed by atoms with Crippen molar-refractivity contribution in [3.05, 3.63) is 42.2 Å². The normalized spacial score (nSPS) is 28.1. The molecule has 2 saturated heterocycles. The highest BCUT2D eigenvalue weighted by Crippen LogP contribution is 2.35. The van der Waals surface area contributed by atoms with Crippen molar-refractivity contribution in [1.29, 1.82) is 0 Å². The van der Waals surface area contributed by atoms with Crippen molar-refractivity contribution in [2.75, 3.05) is 24.2 Å². The molecule has 5 rings (SSSR count). The molecule has 1 aliphatic carbocycles. The van der Waals surface area contributed by atoms with Crippen LogP contribution in [0.15, 0.2) is 36.7 Å². The minimum Gasteiger partial charge on any atom is -0.332 e. The quantitative estimate of drug-likeness (QED) is 0.360. The molecule has 7 heteroatoms. The predicted molar refractivity (Wildman–Crippen MR) is 140 cm³/mol. The van der Waals surface area contributed by atoms with Crippen molar-refractivity contribution in [2.45, 2.75) is 57.0 Å². The lowest BCUT2D eigenvalue weighted by atomic mass is 9.79. The number of carbonyl (C=O) groups excluding carboxylic acids is 1. The maximum Gasteiger partial charge on any atom is 0.225 e. The molecule has 1 aromatic heterocycles. The molecule has 2 aliphatic heterocycles. The fourth-order valence-corrected chi connectivity index (χ4v) is 7.20. The van der Waals surface area contributed by atoms with Gasteiger partial charge in [-0.25, -0.2) is 13.1 Å². The molecule has 32 heavy (non-hydrogen) atoms. The van der Waals surface area contributed by atoms with Crippen LogP contribution in [-0.2, 0) is 11.2 Å². The van der Waals surface area contributed by atoms with Gasteiger partial charge in [0.2, 0.25) is 5.95 Å². The van der Waals surface area contributed by atoms with Crippen LogP contribution in [0.3, 0.4) is 0 Å². The van der Waals surface area contributed by atoms with Crippen molar-refractivity contribution < 1.29 is 4.79 Å². The average Bonchev–Trinajstić information content (AvgIpc) is 3.10. The van der Waals surface area contributed by atoms with E-state index in [2.05, 4.69) is 55.1 Å². The molecule has 0 N–H and O–H groups in total. The van der Waals surface area contributed by atoms with Gasteiger partial charge in [0, 0.05) is 71.9 Å². The first-order chi connectivity index (χ1) is 15.6. The Morgan fingerprint density at radius 2 is 1.59 bits per heavy atom. The molecule has 170 valence electrons. The second-order valence-electron chi connectivity index (χ2n) is 9.53. The Morgan fingerprint density at radius 1 is 0.969 bits per heavy atom. The smallest absolute Gasteiger partial charge is 0.225 e. The summed E-state index contributed by atoms with van der Waals surface area (Å²) in [4.78, 5) is 23.9. The number of carbonyl (C=O) groups is 1. The first-order valence-corrected chi connectivity index (χ1v) is 14.0. The van der Waals surface area contributed by atoms with Gasteiger partial charge >= 0.3 is 0 Å². The fraction of sp³-hybridized carbons (Fsp3) is 0.560. The van der Waals surface area contributed by atoms with Gasteiger partial charge in [0.1, 0.15) is 0 Å². The zero-order valence-electron chi connectivity index (χ0n) is 18.6. The van der Waals surface area contributed by atoms with E-state index in [0.717, 1.165) is 43.9 Å². The SMILES string of the molecule is CSC(=O)C1CCC(Cc2ccc(-c3cnc(N4C5CCC4CN(I)C5)nc3)cc2)CC1. The van der Waals surface area contributed by atoms with E-state index in [0.29, 0.717) is 23.1 Å². The third-order valence-corrected chi connectivity index (χ3v) is 9.02. The van der Waals surface area contributed by atoms with Gasteiger partial charge in [-0.1, -0.05) is 36.0 Å². The lowest BCUT2D eigenvalue weighted by Gasteiger charge is -2.38. The molecule has 5 nitrogen and oxygen atoms in total. The van der Waals surface area contributed by atoms with Gasteiger partial charge < -0.3 is 4.90 Å². The number of hydrogen-bond donors (Lipinski definition) is 0. The largest absolute Gasteiger partial charge is 0.332 e. The molecule has 0 amide bonds. The summed E-state index contributed by atoms with van der Waals surface area (Å²) in [7, 11) is 0. The van der Waals surface area contributed by atoms with Crippen LogP contribution < -0.4 is 4.90 Å². The van der Waals surface area contributed by atoms with Crippen LogP contribution in [0.25, 0.3) is 11.1 Å². The van der Waals surface area contributed by atoms with E-state index in [-0.39, 0.29) is 5.92 Å². The lowest BCUT2D eigenvalue weighted by Crippen LogP contribution is -2.51. The summed E-state index contributed by atoms with van der Waals surface area (Å²) >= 11 is 3.84. The maximum absolute atomic E-state index is 11.9. The standard InChI is InChI=1S/C25H31IN4OS/c1-32-24(31)20-8-4-18(5-9-20)12-17-2-6-19(7-3-17)21-13-27-25(28-14-21)30-22-10-11-23(30)16-29(26)15-22/h2-3,6-7,13-14,18,20,22-23H,4-5,8-12,15-16H2,1H3. The molecule has 2 bridgehead atoms. The Bertz CT molecular complexity index is 916. The number of thioether (sulfide) groups is 1.